The molecule has 1 unspecified atom stereocenters. The minimum absolute atomic E-state index is 0.0715. The van der Waals surface area contributed by atoms with E-state index in [0.717, 1.165) is 41.5 Å². The second-order valence-corrected chi connectivity index (χ2v) is 7.98. The van der Waals surface area contributed by atoms with Crippen molar-refractivity contribution in [2.45, 2.75) is 38.2 Å². The highest BCUT2D eigenvalue weighted by Gasteiger charge is 2.19. The number of anilines is 1. The molecular formula is C26H29NO4. The number of hydrogen-bond donors (Lipinski definition) is 1. The molecule has 3 aromatic rings. The molecule has 5 heteroatoms. The number of fused-ring (bicyclic) bond motifs is 1. The van der Waals surface area contributed by atoms with Crippen molar-refractivity contribution in [3.63, 3.8) is 0 Å². The van der Waals surface area contributed by atoms with E-state index in [1.807, 2.05) is 61.5 Å². The van der Waals surface area contributed by atoms with Gasteiger partial charge in [0.2, 0.25) is 5.91 Å². The van der Waals surface area contributed by atoms with E-state index in [0.29, 0.717) is 18.0 Å². The van der Waals surface area contributed by atoms with E-state index in [2.05, 4.69) is 11.4 Å². The molecule has 1 fully saturated rings. The summed E-state index contributed by atoms with van der Waals surface area (Å²) < 4.78 is 17.0. The van der Waals surface area contributed by atoms with Crippen LogP contribution in [0.5, 0.6) is 11.5 Å². The Morgan fingerprint density at radius 2 is 1.90 bits per heavy atom. The third-order valence-electron chi connectivity index (χ3n) is 5.81. The van der Waals surface area contributed by atoms with Crippen LogP contribution in [0.1, 0.15) is 37.7 Å². The van der Waals surface area contributed by atoms with Gasteiger partial charge in [-0.2, -0.15) is 0 Å². The predicted octanol–water partition coefficient (Wildman–Crippen LogP) is 5.54. The van der Waals surface area contributed by atoms with Gasteiger partial charge in [0.15, 0.2) is 0 Å². The zero-order chi connectivity index (χ0) is 21.6. The summed E-state index contributed by atoms with van der Waals surface area (Å²) in [6.45, 7) is 3.21. The van der Waals surface area contributed by atoms with Crippen LogP contribution in [0.2, 0.25) is 0 Å². The molecule has 1 N–H and O–H groups in total. The molecule has 162 valence electrons. The Morgan fingerprint density at radius 1 is 1.10 bits per heavy atom. The molecule has 1 aliphatic heterocycles. The first kappa shape index (κ1) is 21.2. The topological polar surface area (TPSA) is 56.8 Å². The zero-order valence-electron chi connectivity index (χ0n) is 18.1. The summed E-state index contributed by atoms with van der Waals surface area (Å²) in [6, 6.07) is 19.6. The van der Waals surface area contributed by atoms with Crippen LogP contribution in [0, 0.1) is 0 Å². The van der Waals surface area contributed by atoms with Gasteiger partial charge < -0.3 is 19.5 Å². The van der Waals surface area contributed by atoms with Crippen molar-refractivity contribution in [3.05, 3.63) is 66.2 Å². The molecule has 1 saturated heterocycles. The number of rotatable bonds is 7. The van der Waals surface area contributed by atoms with E-state index in [4.69, 9.17) is 14.2 Å². The van der Waals surface area contributed by atoms with E-state index in [9.17, 15) is 4.79 Å². The summed E-state index contributed by atoms with van der Waals surface area (Å²) in [7, 11) is 1.66. The molecule has 2 atom stereocenters. The monoisotopic (exact) mass is 419 g/mol. The van der Waals surface area contributed by atoms with Gasteiger partial charge in [-0.05, 0) is 66.8 Å². The first-order valence-electron chi connectivity index (χ1n) is 10.9. The summed E-state index contributed by atoms with van der Waals surface area (Å²) in [5, 5.41) is 5.20. The van der Waals surface area contributed by atoms with E-state index >= 15 is 0 Å². The highest BCUT2D eigenvalue weighted by atomic mass is 16.5. The summed E-state index contributed by atoms with van der Waals surface area (Å²) in [6.07, 6.45) is 3.42. The highest BCUT2D eigenvalue weighted by molar-refractivity contribution is 5.97. The first-order valence-corrected chi connectivity index (χ1v) is 10.9. The third-order valence-corrected chi connectivity index (χ3v) is 5.81. The van der Waals surface area contributed by atoms with Crippen molar-refractivity contribution in [2.24, 2.45) is 0 Å². The van der Waals surface area contributed by atoms with Crippen LogP contribution >= 0.6 is 0 Å². The minimum atomic E-state index is -0.304. The van der Waals surface area contributed by atoms with E-state index < -0.39 is 0 Å². The highest BCUT2D eigenvalue weighted by Crippen LogP contribution is 2.29. The van der Waals surface area contributed by atoms with Crippen LogP contribution in [-0.4, -0.2) is 32.3 Å². The van der Waals surface area contributed by atoms with Gasteiger partial charge in [-0.3, -0.25) is 4.79 Å². The maximum absolute atomic E-state index is 13.0. The number of methoxy groups -OCH3 is 1. The lowest BCUT2D eigenvalue weighted by Crippen LogP contribution is -2.26. The third kappa shape index (κ3) is 5.17. The smallest absolute Gasteiger partial charge is 0.231 e. The number of para-hydroxylation sites is 2. The lowest BCUT2D eigenvalue weighted by atomic mass is 9.97. The zero-order valence-corrected chi connectivity index (χ0v) is 18.1. The van der Waals surface area contributed by atoms with Crippen LogP contribution < -0.4 is 14.8 Å². The van der Waals surface area contributed by atoms with Gasteiger partial charge in [0.05, 0.1) is 24.8 Å². The fraction of sp³-hybridized carbons (Fsp3) is 0.346. The van der Waals surface area contributed by atoms with Crippen LogP contribution in [0.4, 0.5) is 5.69 Å². The Hall–Kier alpha value is -3.05. The molecule has 0 aromatic heterocycles. The van der Waals surface area contributed by atoms with Crippen molar-refractivity contribution < 1.29 is 19.0 Å². The van der Waals surface area contributed by atoms with Gasteiger partial charge in [-0.15, -0.1) is 0 Å². The number of amides is 1. The van der Waals surface area contributed by atoms with Crippen LogP contribution in [-0.2, 0) is 9.53 Å². The molecule has 0 saturated carbocycles. The van der Waals surface area contributed by atoms with Crippen molar-refractivity contribution >= 4 is 22.4 Å². The molecule has 0 aliphatic carbocycles. The minimum Gasteiger partial charge on any atom is -0.497 e. The summed E-state index contributed by atoms with van der Waals surface area (Å²) in [5.74, 6) is 1.11. The van der Waals surface area contributed by atoms with Gasteiger partial charge in [-0.1, -0.05) is 36.4 Å². The molecule has 1 aliphatic rings. The summed E-state index contributed by atoms with van der Waals surface area (Å²) in [5.41, 5.74) is 1.64. The molecule has 0 bridgehead atoms. The molecule has 4 rings (SSSR count). The fourth-order valence-electron chi connectivity index (χ4n) is 3.85. The predicted molar refractivity (Wildman–Crippen MR) is 123 cm³/mol. The normalized spacial score (nSPS) is 17.2. The van der Waals surface area contributed by atoms with Gasteiger partial charge in [-0.25, -0.2) is 0 Å². The number of hydrogen-bond acceptors (Lipinski definition) is 4. The lowest BCUT2D eigenvalue weighted by molar-refractivity contribution is -0.117. The standard InChI is InChI=1S/C26H29NO4/c1-18(19-10-11-21-16-22(29-2)13-12-20(21)15-19)26(28)27-24-8-3-4-9-25(24)31-17-23-7-5-6-14-30-23/h3-4,8-13,15-16,18,23H,5-7,14,17H2,1-2H3,(H,27,28)/t18-,23?/m0/s1. The molecule has 1 amide bonds. The van der Waals surface area contributed by atoms with E-state index in [-0.39, 0.29) is 17.9 Å². The van der Waals surface area contributed by atoms with Crippen molar-refractivity contribution in [2.75, 3.05) is 25.6 Å². The summed E-state index contributed by atoms with van der Waals surface area (Å²) >= 11 is 0. The second kappa shape index (κ2) is 9.84. The Balaban J connectivity index is 1.44. The number of benzene rings is 3. The van der Waals surface area contributed by atoms with E-state index in [1.165, 1.54) is 6.42 Å². The van der Waals surface area contributed by atoms with Gasteiger partial charge in [0.25, 0.3) is 0 Å². The number of carbonyl (C=O) groups excluding carboxylic acids is 1. The van der Waals surface area contributed by atoms with Crippen molar-refractivity contribution in [1.29, 1.82) is 0 Å². The molecule has 0 radical (unpaired) electrons. The maximum Gasteiger partial charge on any atom is 0.231 e. The van der Waals surface area contributed by atoms with E-state index in [1.54, 1.807) is 7.11 Å². The Labute approximate surface area is 183 Å². The average molecular weight is 420 g/mol. The van der Waals surface area contributed by atoms with Gasteiger partial charge in [0, 0.05) is 6.61 Å². The Kier molecular flexibility index (Phi) is 6.73. The molecule has 3 aromatic carbocycles. The van der Waals surface area contributed by atoms with Crippen LogP contribution in [0.3, 0.4) is 0 Å². The quantitative estimate of drug-likeness (QED) is 0.546. The van der Waals surface area contributed by atoms with Gasteiger partial charge >= 0.3 is 0 Å². The van der Waals surface area contributed by atoms with Crippen LogP contribution in [0.15, 0.2) is 60.7 Å². The lowest BCUT2D eigenvalue weighted by Gasteiger charge is -2.23. The van der Waals surface area contributed by atoms with Gasteiger partial charge in [0.1, 0.15) is 18.1 Å². The first-order chi connectivity index (χ1) is 15.1. The summed E-state index contributed by atoms with van der Waals surface area (Å²) in [4.78, 5) is 13.0. The maximum atomic E-state index is 13.0. The average Bonchev–Trinajstić information content (AvgIpc) is 2.83. The molecule has 5 nitrogen and oxygen atoms in total. The fourth-order valence-corrected chi connectivity index (χ4v) is 3.85. The molecule has 0 spiro atoms. The molecule has 31 heavy (non-hydrogen) atoms. The van der Waals surface area contributed by atoms with Crippen molar-refractivity contribution in [1.82, 2.24) is 0 Å². The second-order valence-electron chi connectivity index (χ2n) is 7.98. The number of nitrogens with one attached hydrogen (secondary N) is 1. The number of carbonyl (C=O) groups is 1. The SMILES string of the molecule is COc1ccc2cc([C@H](C)C(=O)Nc3ccccc3OCC3CCCCO3)ccc2c1. The number of ether oxygens (including phenoxy) is 3. The largest absolute Gasteiger partial charge is 0.497 e. The Morgan fingerprint density at radius 3 is 2.71 bits per heavy atom. The van der Waals surface area contributed by atoms with Crippen LogP contribution in [0.25, 0.3) is 10.8 Å². The molecular weight excluding hydrogens is 390 g/mol. The Bertz CT molecular complexity index is 1040. The van der Waals surface area contributed by atoms with Crippen molar-refractivity contribution in [3.8, 4) is 11.5 Å². The molecule has 1 heterocycles.